The summed E-state index contributed by atoms with van der Waals surface area (Å²) in [4.78, 5) is 0. The monoisotopic (exact) mass is 346 g/mol. The third-order valence-corrected chi connectivity index (χ3v) is 4.00. The third kappa shape index (κ3) is 3.45. The Bertz CT molecular complexity index is 680. The third-order valence-electron chi connectivity index (χ3n) is 3.34. The summed E-state index contributed by atoms with van der Waals surface area (Å²) in [7, 11) is 0. The van der Waals surface area contributed by atoms with Gasteiger partial charge in [0.15, 0.2) is 0 Å². The molecular weight excluding hydrogens is 328 g/mol. The van der Waals surface area contributed by atoms with E-state index in [-0.39, 0.29) is 5.84 Å². The van der Waals surface area contributed by atoms with E-state index in [9.17, 15) is 0 Å². The van der Waals surface area contributed by atoms with Crippen LogP contribution in [0.2, 0.25) is 0 Å². The SMILES string of the molecule is Cc1cc(Oc2cccc(Br)c2C(=N)N)ccc1C(C)C. The van der Waals surface area contributed by atoms with Crippen LogP contribution in [0, 0.1) is 12.3 Å². The Labute approximate surface area is 133 Å². The Balaban J connectivity index is 2.37. The van der Waals surface area contributed by atoms with Crippen LogP contribution in [-0.4, -0.2) is 5.84 Å². The first-order valence-corrected chi connectivity index (χ1v) is 7.60. The predicted octanol–water partition coefficient (Wildman–Crippen LogP) is 4.96. The Hall–Kier alpha value is -1.81. The topological polar surface area (TPSA) is 59.1 Å². The van der Waals surface area contributed by atoms with Gasteiger partial charge in [-0.1, -0.05) is 26.0 Å². The zero-order valence-corrected chi connectivity index (χ0v) is 14.0. The van der Waals surface area contributed by atoms with Crippen molar-refractivity contribution >= 4 is 21.8 Å². The average molecular weight is 347 g/mol. The lowest BCUT2D eigenvalue weighted by Crippen LogP contribution is -2.13. The predicted molar refractivity (Wildman–Crippen MR) is 90.5 cm³/mol. The molecule has 0 aliphatic carbocycles. The molecule has 0 spiro atoms. The van der Waals surface area contributed by atoms with Crippen molar-refractivity contribution in [2.45, 2.75) is 26.7 Å². The van der Waals surface area contributed by atoms with E-state index in [1.54, 1.807) is 0 Å². The Morgan fingerprint density at radius 3 is 2.52 bits per heavy atom. The fourth-order valence-electron chi connectivity index (χ4n) is 2.34. The van der Waals surface area contributed by atoms with Crippen molar-refractivity contribution in [3.8, 4) is 11.5 Å². The maximum Gasteiger partial charge on any atom is 0.139 e. The highest BCUT2D eigenvalue weighted by molar-refractivity contribution is 9.10. The number of nitrogens with one attached hydrogen (secondary N) is 1. The fourth-order valence-corrected chi connectivity index (χ4v) is 2.90. The Morgan fingerprint density at radius 1 is 1.24 bits per heavy atom. The molecule has 0 aliphatic rings. The van der Waals surface area contributed by atoms with Gasteiger partial charge in [-0.15, -0.1) is 0 Å². The molecule has 0 unspecified atom stereocenters. The van der Waals surface area contributed by atoms with Gasteiger partial charge in [-0.3, -0.25) is 5.41 Å². The highest BCUT2D eigenvalue weighted by atomic mass is 79.9. The molecule has 3 N–H and O–H groups in total. The van der Waals surface area contributed by atoms with Crippen LogP contribution in [0.5, 0.6) is 11.5 Å². The molecule has 0 saturated carbocycles. The van der Waals surface area contributed by atoms with Crippen molar-refractivity contribution in [2.24, 2.45) is 5.73 Å². The Kier molecular flexibility index (Phi) is 4.68. The number of nitrogens with two attached hydrogens (primary N) is 1. The lowest BCUT2D eigenvalue weighted by Gasteiger charge is -2.14. The quantitative estimate of drug-likeness (QED) is 0.607. The number of aryl methyl sites for hydroxylation is 1. The molecule has 0 atom stereocenters. The van der Waals surface area contributed by atoms with Gasteiger partial charge in [0.2, 0.25) is 0 Å². The number of hydrogen-bond acceptors (Lipinski definition) is 2. The van der Waals surface area contributed by atoms with Crippen LogP contribution >= 0.6 is 15.9 Å². The maximum absolute atomic E-state index is 7.68. The van der Waals surface area contributed by atoms with Gasteiger partial charge >= 0.3 is 0 Å². The lowest BCUT2D eigenvalue weighted by atomic mass is 9.98. The number of nitrogen functional groups attached to an aromatic ring is 1. The molecule has 0 fully saturated rings. The molecule has 110 valence electrons. The van der Waals surface area contributed by atoms with E-state index in [1.165, 1.54) is 11.1 Å². The Morgan fingerprint density at radius 2 is 1.95 bits per heavy atom. The van der Waals surface area contributed by atoms with E-state index in [0.29, 0.717) is 17.2 Å². The van der Waals surface area contributed by atoms with Crippen molar-refractivity contribution in [2.75, 3.05) is 0 Å². The minimum Gasteiger partial charge on any atom is -0.457 e. The molecule has 3 nitrogen and oxygen atoms in total. The second-order valence-corrected chi connectivity index (χ2v) is 6.16. The molecule has 0 amide bonds. The van der Waals surface area contributed by atoms with E-state index in [4.69, 9.17) is 15.9 Å². The van der Waals surface area contributed by atoms with Gasteiger partial charge in [0.1, 0.15) is 17.3 Å². The summed E-state index contributed by atoms with van der Waals surface area (Å²) < 4.78 is 6.67. The number of hydrogen-bond donors (Lipinski definition) is 2. The zero-order chi connectivity index (χ0) is 15.6. The first-order valence-electron chi connectivity index (χ1n) is 6.81. The highest BCUT2D eigenvalue weighted by Gasteiger charge is 2.12. The van der Waals surface area contributed by atoms with Crippen molar-refractivity contribution in [3.63, 3.8) is 0 Å². The number of halogens is 1. The molecule has 0 radical (unpaired) electrons. The van der Waals surface area contributed by atoms with Crippen LogP contribution in [0.1, 0.15) is 36.5 Å². The molecule has 0 saturated heterocycles. The van der Waals surface area contributed by atoms with E-state index >= 15 is 0 Å². The van der Waals surface area contributed by atoms with Gasteiger partial charge in [-0.2, -0.15) is 0 Å². The number of ether oxygens (including phenoxy) is 1. The lowest BCUT2D eigenvalue weighted by molar-refractivity contribution is 0.480. The zero-order valence-electron chi connectivity index (χ0n) is 12.4. The fraction of sp³-hybridized carbons (Fsp3) is 0.235. The van der Waals surface area contributed by atoms with Gasteiger partial charge in [-0.25, -0.2) is 0 Å². The summed E-state index contributed by atoms with van der Waals surface area (Å²) in [5, 5.41) is 7.68. The summed E-state index contributed by atoms with van der Waals surface area (Å²) in [6.07, 6.45) is 0. The first-order chi connectivity index (χ1) is 9.90. The van der Waals surface area contributed by atoms with Gasteiger partial charge in [-0.05, 0) is 64.2 Å². The molecule has 0 bridgehead atoms. The van der Waals surface area contributed by atoms with Gasteiger partial charge in [0.05, 0.1) is 5.56 Å². The van der Waals surface area contributed by atoms with Gasteiger partial charge in [0, 0.05) is 4.47 Å². The van der Waals surface area contributed by atoms with Crippen molar-refractivity contribution in [1.82, 2.24) is 0 Å². The number of rotatable bonds is 4. The van der Waals surface area contributed by atoms with Crippen LogP contribution in [-0.2, 0) is 0 Å². The van der Waals surface area contributed by atoms with E-state index in [2.05, 4.69) is 42.8 Å². The van der Waals surface area contributed by atoms with Crippen molar-refractivity contribution < 1.29 is 4.74 Å². The molecular formula is C17H19BrN2O. The van der Waals surface area contributed by atoms with Gasteiger partial charge < -0.3 is 10.5 Å². The molecule has 4 heteroatoms. The average Bonchev–Trinajstić information content (AvgIpc) is 2.37. The standard InChI is InChI=1S/C17H19BrN2O/c1-10(2)13-8-7-12(9-11(13)3)21-15-6-4-5-14(18)16(15)17(19)20/h4-10H,1-3H3,(H3,19,20). The number of amidine groups is 1. The molecule has 2 aromatic rings. The van der Waals surface area contributed by atoms with E-state index in [1.807, 2.05) is 30.3 Å². The largest absolute Gasteiger partial charge is 0.457 e. The van der Waals surface area contributed by atoms with Crippen LogP contribution in [0.3, 0.4) is 0 Å². The highest BCUT2D eigenvalue weighted by Crippen LogP contribution is 2.32. The van der Waals surface area contributed by atoms with Crippen LogP contribution < -0.4 is 10.5 Å². The summed E-state index contributed by atoms with van der Waals surface area (Å²) >= 11 is 3.41. The second kappa shape index (κ2) is 6.31. The minimum atomic E-state index is -0.0204. The summed E-state index contributed by atoms with van der Waals surface area (Å²) in [6, 6.07) is 11.6. The van der Waals surface area contributed by atoms with Crippen LogP contribution in [0.25, 0.3) is 0 Å². The molecule has 0 aromatic heterocycles. The van der Waals surface area contributed by atoms with Crippen LogP contribution in [0.4, 0.5) is 0 Å². The van der Waals surface area contributed by atoms with Crippen molar-refractivity contribution in [1.29, 1.82) is 5.41 Å². The van der Waals surface area contributed by atoms with E-state index in [0.717, 1.165) is 10.2 Å². The smallest absolute Gasteiger partial charge is 0.139 e. The van der Waals surface area contributed by atoms with Crippen molar-refractivity contribution in [3.05, 3.63) is 57.6 Å². The van der Waals surface area contributed by atoms with Gasteiger partial charge in [0.25, 0.3) is 0 Å². The van der Waals surface area contributed by atoms with E-state index < -0.39 is 0 Å². The first kappa shape index (κ1) is 15.6. The molecule has 0 aliphatic heterocycles. The molecule has 2 aromatic carbocycles. The molecule has 21 heavy (non-hydrogen) atoms. The molecule has 2 rings (SSSR count). The summed E-state index contributed by atoms with van der Waals surface area (Å²) in [5.74, 6) is 1.79. The minimum absolute atomic E-state index is 0.0204. The summed E-state index contributed by atoms with van der Waals surface area (Å²) in [6.45, 7) is 6.42. The number of benzene rings is 2. The molecule has 0 heterocycles. The maximum atomic E-state index is 7.68. The second-order valence-electron chi connectivity index (χ2n) is 5.30. The summed E-state index contributed by atoms with van der Waals surface area (Å²) in [5.41, 5.74) is 8.71. The van der Waals surface area contributed by atoms with Crippen LogP contribution in [0.15, 0.2) is 40.9 Å². The normalized spacial score (nSPS) is 10.7.